The molecule has 0 unspecified atom stereocenters. The van der Waals surface area contributed by atoms with Crippen LogP contribution in [0.2, 0.25) is 0 Å². The molecule has 0 saturated carbocycles. The SMILES string of the molecule is C[C@@H](Nc1ncnc2c(C(N)=O)cccc12)c1cccc(Nc2cc(C#N)ccn2)c1. The van der Waals surface area contributed by atoms with Gasteiger partial charge in [-0.25, -0.2) is 15.0 Å². The summed E-state index contributed by atoms with van der Waals surface area (Å²) in [6.45, 7) is 2.01. The number of carbonyl (C=O) groups is 1. The predicted octanol–water partition coefficient (Wildman–Crippen LogP) is 3.91. The summed E-state index contributed by atoms with van der Waals surface area (Å²) < 4.78 is 0. The Morgan fingerprint density at radius 2 is 1.94 bits per heavy atom. The maximum atomic E-state index is 11.7. The van der Waals surface area contributed by atoms with Crippen molar-refractivity contribution in [2.24, 2.45) is 5.73 Å². The summed E-state index contributed by atoms with van der Waals surface area (Å²) in [4.78, 5) is 24.5. The molecule has 2 aromatic carbocycles. The highest BCUT2D eigenvalue weighted by molar-refractivity contribution is 6.06. The highest BCUT2D eigenvalue weighted by Crippen LogP contribution is 2.27. The van der Waals surface area contributed by atoms with E-state index in [1.165, 1.54) is 6.33 Å². The number of aromatic nitrogens is 3. The van der Waals surface area contributed by atoms with Crippen LogP contribution in [0.4, 0.5) is 17.3 Å². The number of hydrogen-bond acceptors (Lipinski definition) is 7. The fraction of sp³-hybridized carbons (Fsp3) is 0.0870. The molecule has 0 fully saturated rings. The van der Waals surface area contributed by atoms with E-state index >= 15 is 0 Å². The average Bonchev–Trinajstić information content (AvgIpc) is 2.79. The Hall–Kier alpha value is -4.51. The molecule has 1 amide bonds. The summed E-state index contributed by atoms with van der Waals surface area (Å²) in [5.41, 5.74) is 8.73. The molecule has 0 aliphatic carbocycles. The normalized spacial score (nSPS) is 11.5. The van der Waals surface area contributed by atoms with Crippen LogP contribution in [-0.4, -0.2) is 20.9 Å². The van der Waals surface area contributed by atoms with Crippen molar-refractivity contribution in [3.63, 3.8) is 0 Å². The van der Waals surface area contributed by atoms with Gasteiger partial charge in [0.15, 0.2) is 0 Å². The van der Waals surface area contributed by atoms with Crippen molar-refractivity contribution in [2.75, 3.05) is 10.6 Å². The van der Waals surface area contributed by atoms with Crippen molar-refractivity contribution in [1.82, 2.24) is 15.0 Å². The molecule has 8 nitrogen and oxygen atoms in total. The van der Waals surface area contributed by atoms with Crippen LogP contribution in [0.5, 0.6) is 0 Å². The number of benzene rings is 2. The number of anilines is 3. The maximum absolute atomic E-state index is 11.7. The largest absolute Gasteiger partial charge is 0.366 e. The molecular weight excluding hydrogens is 390 g/mol. The molecule has 0 bridgehead atoms. The van der Waals surface area contributed by atoms with Gasteiger partial charge in [-0.2, -0.15) is 5.26 Å². The van der Waals surface area contributed by atoms with Crippen LogP contribution >= 0.6 is 0 Å². The number of hydrogen-bond donors (Lipinski definition) is 3. The molecule has 1 atom stereocenters. The van der Waals surface area contributed by atoms with Crippen molar-refractivity contribution in [1.29, 1.82) is 5.26 Å². The molecule has 2 aromatic heterocycles. The molecule has 0 aliphatic rings. The summed E-state index contributed by atoms with van der Waals surface area (Å²) in [6.07, 6.45) is 3.01. The minimum absolute atomic E-state index is 0.0875. The number of carbonyl (C=O) groups excluding carboxylic acids is 1. The molecule has 0 radical (unpaired) electrons. The number of nitrogens with one attached hydrogen (secondary N) is 2. The lowest BCUT2D eigenvalue weighted by molar-refractivity contribution is 0.100. The third-order valence-corrected chi connectivity index (χ3v) is 4.83. The predicted molar refractivity (Wildman–Crippen MR) is 119 cm³/mol. The maximum Gasteiger partial charge on any atom is 0.250 e. The number of rotatable bonds is 6. The van der Waals surface area contributed by atoms with E-state index in [1.807, 2.05) is 37.3 Å². The van der Waals surface area contributed by atoms with Crippen LogP contribution in [-0.2, 0) is 0 Å². The number of nitrogens with zero attached hydrogens (tertiary/aromatic N) is 4. The molecule has 4 N–H and O–H groups in total. The second-order valence-electron chi connectivity index (χ2n) is 6.95. The number of primary amides is 1. The number of nitrogens with two attached hydrogens (primary N) is 1. The van der Waals surface area contributed by atoms with Crippen molar-refractivity contribution < 1.29 is 4.79 Å². The Morgan fingerprint density at radius 1 is 1.10 bits per heavy atom. The Balaban J connectivity index is 1.59. The first-order chi connectivity index (χ1) is 15.0. The minimum atomic E-state index is -0.531. The van der Waals surface area contributed by atoms with Gasteiger partial charge in [0.05, 0.1) is 28.8 Å². The molecule has 0 aliphatic heterocycles. The summed E-state index contributed by atoms with van der Waals surface area (Å²) in [5.74, 6) is 0.677. The fourth-order valence-electron chi connectivity index (χ4n) is 3.29. The van der Waals surface area contributed by atoms with Crippen LogP contribution in [0.25, 0.3) is 10.9 Å². The highest BCUT2D eigenvalue weighted by Gasteiger charge is 2.14. The van der Waals surface area contributed by atoms with Gasteiger partial charge in [-0.15, -0.1) is 0 Å². The van der Waals surface area contributed by atoms with Gasteiger partial charge in [0.1, 0.15) is 18.0 Å². The van der Waals surface area contributed by atoms with Gasteiger partial charge < -0.3 is 16.4 Å². The topological polar surface area (TPSA) is 130 Å². The molecule has 8 heteroatoms. The standard InChI is InChI=1S/C23H19N7O/c1-14(29-23-19-7-3-6-18(22(25)31)21(19)27-13-28-23)16-4-2-5-17(11-16)30-20-10-15(12-24)8-9-26-20/h2-11,13-14H,1H3,(H2,25,31)(H,26,30)(H,27,28,29)/t14-/m1/s1. The van der Waals surface area contributed by atoms with Gasteiger partial charge in [-0.1, -0.05) is 18.2 Å². The van der Waals surface area contributed by atoms with Gasteiger partial charge in [-0.05, 0) is 48.9 Å². The zero-order valence-electron chi connectivity index (χ0n) is 16.7. The molecule has 0 spiro atoms. The van der Waals surface area contributed by atoms with Crippen LogP contribution in [0.15, 0.2) is 67.1 Å². The second kappa shape index (κ2) is 8.47. The van der Waals surface area contributed by atoms with Gasteiger partial charge in [-0.3, -0.25) is 4.79 Å². The summed E-state index contributed by atoms with van der Waals surface area (Å²) in [5, 5.41) is 16.4. The first-order valence-corrected chi connectivity index (χ1v) is 9.58. The number of amides is 1. The molecule has 0 saturated heterocycles. The molecule has 152 valence electrons. The third kappa shape index (κ3) is 4.26. The number of fused-ring (bicyclic) bond motifs is 1. The smallest absolute Gasteiger partial charge is 0.250 e. The Morgan fingerprint density at radius 3 is 2.74 bits per heavy atom. The van der Waals surface area contributed by atoms with E-state index in [1.54, 1.807) is 30.5 Å². The van der Waals surface area contributed by atoms with Crippen molar-refractivity contribution in [3.8, 4) is 6.07 Å². The lowest BCUT2D eigenvalue weighted by atomic mass is 10.1. The molecule has 31 heavy (non-hydrogen) atoms. The first-order valence-electron chi connectivity index (χ1n) is 9.58. The van der Waals surface area contributed by atoms with Gasteiger partial charge in [0.25, 0.3) is 5.91 Å². The molecule has 4 rings (SSSR count). The third-order valence-electron chi connectivity index (χ3n) is 4.83. The van der Waals surface area contributed by atoms with Gasteiger partial charge in [0, 0.05) is 17.3 Å². The number of para-hydroxylation sites is 1. The minimum Gasteiger partial charge on any atom is -0.366 e. The van der Waals surface area contributed by atoms with Crippen LogP contribution in [0.3, 0.4) is 0 Å². The van der Waals surface area contributed by atoms with Gasteiger partial charge >= 0.3 is 0 Å². The van der Waals surface area contributed by atoms with Crippen LogP contribution < -0.4 is 16.4 Å². The van der Waals surface area contributed by atoms with E-state index in [0.29, 0.717) is 28.3 Å². The second-order valence-corrected chi connectivity index (χ2v) is 6.95. The monoisotopic (exact) mass is 409 g/mol. The number of nitriles is 1. The van der Waals surface area contributed by atoms with E-state index in [2.05, 4.69) is 31.7 Å². The number of pyridine rings is 1. The van der Waals surface area contributed by atoms with Gasteiger partial charge in [0.2, 0.25) is 0 Å². The lowest BCUT2D eigenvalue weighted by Gasteiger charge is -2.17. The van der Waals surface area contributed by atoms with E-state index < -0.39 is 5.91 Å². The van der Waals surface area contributed by atoms with Crippen LogP contribution in [0, 0.1) is 11.3 Å². The highest BCUT2D eigenvalue weighted by atomic mass is 16.1. The zero-order valence-corrected chi connectivity index (χ0v) is 16.7. The Bertz CT molecular complexity index is 1310. The lowest BCUT2D eigenvalue weighted by Crippen LogP contribution is -2.13. The Kier molecular flexibility index (Phi) is 5.41. The van der Waals surface area contributed by atoms with Crippen molar-refractivity contribution in [3.05, 3.63) is 83.8 Å². The summed E-state index contributed by atoms with van der Waals surface area (Å²) in [7, 11) is 0. The molecule has 4 aromatic rings. The summed E-state index contributed by atoms with van der Waals surface area (Å²) in [6, 6.07) is 18.5. The Labute approximate surface area is 178 Å². The van der Waals surface area contributed by atoms with Crippen molar-refractivity contribution in [2.45, 2.75) is 13.0 Å². The summed E-state index contributed by atoms with van der Waals surface area (Å²) >= 11 is 0. The van der Waals surface area contributed by atoms with E-state index in [-0.39, 0.29) is 6.04 Å². The zero-order chi connectivity index (χ0) is 21.8. The average molecular weight is 409 g/mol. The van der Waals surface area contributed by atoms with E-state index in [4.69, 9.17) is 11.0 Å². The molecular formula is C23H19N7O. The molecule has 2 heterocycles. The van der Waals surface area contributed by atoms with E-state index in [0.717, 1.165) is 16.6 Å². The van der Waals surface area contributed by atoms with Crippen LogP contribution in [0.1, 0.15) is 34.5 Å². The van der Waals surface area contributed by atoms with Crippen molar-refractivity contribution >= 4 is 34.1 Å². The first kappa shape index (κ1) is 19.8. The fourth-order valence-corrected chi connectivity index (χ4v) is 3.29. The quantitative estimate of drug-likeness (QED) is 0.440. The van der Waals surface area contributed by atoms with E-state index in [9.17, 15) is 4.79 Å².